The van der Waals surface area contributed by atoms with Crippen LogP contribution in [0.15, 0.2) is 0 Å². The average Bonchev–Trinajstić information content (AvgIpc) is 2.55. The topological polar surface area (TPSA) is 52.6 Å². The van der Waals surface area contributed by atoms with Crippen molar-refractivity contribution >= 4 is 11.9 Å². The smallest absolute Gasteiger partial charge is 0.305 e. The molecule has 0 saturated heterocycles. The summed E-state index contributed by atoms with van der Waals surface area (Å²) in [5.74, 6) is 0.190. The van der Waals surface area contributed by atoms with Crippen LogP contribution in [-0.4, -0.2) is 25.2 Å². The second kappa shape index (κ2) is 15.8. The predicted molar refractivity (Wildman–Crippen MR) is 93.2 cm³/mol. The average molecular weight is 328 g/mol. The van der Waals surface area contributed by atoms with E-state index >= 15 is 0 Å². The van der Waals surface area contributed by atoms with Crippen molar-refractivity contribution in [2.45, 2.75) is 91.4 Å². The Kier molecular flexibility index (Phi) is 15.1. The molecular weight excluding hydrogens is 292 g/mol. The molecule has 0 aliphatic rings. The summed E-state index contributed by atoms with van der Waals surface area (Å²) in [6, 6.07) is 0. The van der Waals surface area contributed by atoms with Crippen LogP contribution in [0.1, 0.15) is 91.4 Å². The maximum absolute atomic E-state index is 11.5. The summed E-state index contributed by atoms with van der Waals surface area (Å²) in [7, 11) is 0. The molecule has 1 atom stereocenters. The van der Waals surface area contributed by atoms with Crippen LogP contribution in [0, 0.1) is 5.92 Å². The molecule has 0 spiro atoms. The zero-order valence-electron chi connectivity index (χ0n) is 15.4. The standard InChI is InChI=1S/C19H36O4/c1-4-6-7-8-12-15-22-18(20)13-10-9-11-14-19(21)23-16-17(3)5-2/h17H,4-16H2,1-3H3. The molecule has 4 nitrogen and oxygen atoms in total. The molecule has 136 valence electrons. The molecule has 23 heavy (non-hydrogen) atoms. The van der Waals surface area contributed by atoms with Crippen molar-refractivity contribution < 1.29 is 19.1 Å². The molecule has 0 aliphatic carbocycles. The fraction of sp³-hybridized carbons (Fsp3) is 0.895. The third kappa shape index (κ3) is 15.6. The van der Waals surface area contributed by atoms with E-state index in [0.717, 1.165) is 38.5 Å². The summed E-state index contributed by atoms with van der Waals surface area (Å²) in [6.45, 7) is 7.40. The number of carbonyl (C=O) groups is 2. The van der Waals surface area contributed by atoms with Crippen molar-refractivity contribution in [1.82, 2.24) is 0 Å². The second-order valence-corrected chi connectivity index (χ2v) is 6.39. The Morgan fingerprint density at radius 3 is 1.96 bits per heavy atom. The predicted octanol–water partition coefficient (Wildman–Crippen LogP) is 5.04. The minimum Gasteiger partial charge on any atom is -0.466 e. The molecule has 0 N–H and O–H groups in total. The zero-order valence-corrected chi connectivity index (χ0v) is 15.4. The Morgan fingerprint density at radius 1 is 0.783 bits per heavy atom. The maximum Gasteiger partial charge on any atom is 0.305 e. The molecule has 0 radical (unpaired) electrons. The van der Waals surface area contributed by atoms with E-state index in [4.69, 9.17) is 9.47 Å². The van der Waals surface area contributed by atoms with Gasteiger partial charge in [-0.05, 0) is 25.2 Å². The molecular formula is C19H36O4. The van der Waals surface area contributed by atoms with Crippen molar-refractivity contribution in [3.8, 4) is 0 Å². The lowest BCUT2D eigenvalue weighted by molar-refractivity contribution is -0.145. The zero-order chi connectivity index (χ0) is 17.3. The molecule has 0 aliphatic heterocycles. The third-order valence-corrected chi connectivity index (χ3v) is 4.00. The van der Waals surface area contributed by atoms with Crippen molar-refractivity contribution in [1.29, 1.82) is 0 Å². The number of unbranched alkanes of at least 4 members (excludes halogenated alkanes) is 6. The molecule has 0 aromatic heterocycles. The quantitative estimate of drug-likeness (QED) is 0.312. The highest BCUT2D eigenvalue weighted by molar-refractivity contribution is 5.69. The van der Waals surface area contributed by atoms with E-state index in [1.807, 2.05) is 0 Å². The van der Waals surface area contributed by atoms with Gasteiger partial charge in [0.05, 0.1) is 13.2 Å². The van der Waals surface area contributed by atoms with E-state index in [-0.39, 0.29) is 11.9 Å². The highest BCUT2D eigenvalue weighted by Crippen LogP contribution is 2.08. The van der Waals surface area contributed by atoms with Crippen LogP contribution in [0.25, 0.3) is 0 Å². The highest BCUT2D eigenvalue weighted by atomic mass is 16.5. The first kappa shape index (κ1) is 21.9. The van der Waals surface area contributed by atoms with E-state index in [0.29, 0.717) is 32.0 Å². The molecule has 0 saturated carbocycles. The van der Waals surface area contributed by atoms with Gasteiger partial charge in [-0.3, -0.25) is 9.59 Å². The number of carbonyl (C=O) groups excluding carboxylic acids is 2. The molecule has 0 fully saturated rings. The second-order valence-electron chi connectivity index (χ2n) is 6.39. The van der Waals surface area contributed by atoms with Crippen molar-refractivity contribution in [3.05, 3.63) is 0 Å². The van der Waals surface area contributed by atoms with Gasteiger partial charge < -0.3 is 9.47 Å². The number of esters is 2. The van der Waals surface area contributed by atoms with Gasteiger partial charge in [-0.2, -0.15) is 0 Å². The summed E-state index contributed by atoms with van der Waals surface area (Å²) < 4.78 is 10.4. The lowest BCUT2D eigenvalue weighted by atomic mass is 10.1. The van der Waals surface area contributed by atoms with Gasteiger partial charge in [0, 0.05) is 12.8 Å². The van der Waals surface area contributed by atoms with Crippen LogP contribution in [-0.2, 0) is 19.1 Å². The van der Waals surface area contributed by atoms with Crippen molar-refractivity contribution in [2.24, 2.45) is 5.92 Å². The van der Waals surface area contributed by atoms with Crippen LogP contribution >= 0.6 is 0 Å². The minimum absolute atomic E-state index is 0.111. The Labute approximate surface area is 142 Å². The van der Waals surface area contributed by atoms with Gasteiger partial charge in [-0.25, -0.2) is 0 Å². The van der Waals surface area contributed by atoms with Crippen LogP contribution < -0.4 is 0 Å². The number of ether oxygens (including phenoxy) is 2. The molecule has 0 amide bonds. The molecule has 0 aromatic rings. The van der Waals surface area contributed by atoms with Crippen molar-refractivity contribution in [2.75, 3.05) is 13.2 Å². The van der Waals surface area contributed by atoms with Gasteiger partial charge in [0.15, 0.2) is 0 Å². The van der Waals surface area contributed by atoms with E-state index in [1.54, 1.807) is 0 Å². The van der Waals surface area contributed by atoms with Crippen LogP contribution in [0.5, 0.6) is 0 Å². The van der Waals surface area contributed by atoms with Crippen LogP contribution in [0.2, 0.25) is 0 Å². The Balaban J connectivity index is 3.36. The number of hydrogen-bond acceptors (Lipinski definition) is 4. The molecule has 4 heteroatoms. The summed E-state index contributed by atoms with van der Waals surface area (Å²) in [5, 5.41) is 0. The number of hydrogen-bond donors (Lipinski definition) is 0. The molecule has 1 unspecified atom stereocenters. The lowest BCUT2D eigenvalue weighted by Crippen LogP contribution is -2.11. The van der Waals surface area contributed by atoms with E-state index in [1.165, 1.54) is 19.3 Å². The highest BCUT2D eigenvalue weighted by Gasteiger charge is 2.07. The Morgan fingerprint density at radius 2 is 1.35 bits per heavy atom. The largest absolute Gasteiger partial charge is 0.466 e. The SMILES string of the molecule is CCCCCCCOC(=O)CCCCCC(=O)OCC(C)CC. The third-order valence-electron chi connectivity index (χ3n) is 4.00. The summed E-state index contributed by atoms with van der Waals surface area (Å²) in [4.78, 5) is 23.0. The molecule has 0 aromatic carbocycles. The van der Waals surface area contributed by atoms with Gasteiger partial charge >= 0.3 is 11.9 Å². The van der Waals surface area contributed by atoms with Gasteiger partial charge in [0.2, 0.25) is 0 Å². The minimum atomic E-state index is -0.125. The molecule has 0 bridgehead atoms. The summed E-state index contributed by atoms with van der Waals surface area (Å²) in [6.07, 6.45) is 10.2. The molecule has 0 rings (SSSR count). The number of rotatable bonds is 15. The lowest BCUT2D eigenvalue weighted by Gasteiger charge is -2.09. The van der Waals surface area contributed by atoms with Crippen molar-refractivity contribution in [3.63, 3.8) is 0 Å². The fourth-order valence-corrected chi connectivity index (χ4v) is 2.10. The monoisotopic (exact) mass is 328 g/mol. The molecule has 0 heterocycles. The van der Waals surface area contributed by atoms with Crippen LogP contribution in [0.4, 0.5) is 0 Å². The van der Waals surface area contributed by atoms with E-state index in [9.17, 15) is 9.59 Å². The first-order valence-corrected chi connectivity index (χ1v) is 9.41. The summed E-state index contributed by atoms with van der Waals surface area (Å²) >= 11 is 0. The van der Waals surface area contributed by atoms with Gasteiger partial charge in [0.1, 0.15) is 0 Å². The van der Waals surface area contributed by atoms with Crippen LogP contribution in [0.3, 0.4) is 0 Å². The maximum atomic E-state index is 11.5. The Bertz CT molecular complexity index is 302. The van der Waals surface area contributed by atoms with Gasteiger partial charge in [0.25, 0.3) is 0 Å². The van der Waals surface area contributed by atoms with Gasteiger partial charge in [-0.15, -0.1) is 0 Å². The first-order chi connectivity index (χ1) is 11.1. The normalized spacial score (nSPS) is 12.0. The van der Waals surface area contributed by atoms with Gasteiger partial charge in [-0.1, -0.05) is 59.3 Å². The fourth-order valence-electron chi connectivity index (χ4n) is 2.10. The summed E-state index contributed by atoms with van der Waals surface area (Å²) in [5.41, 5.74) is 0. The first-order valence-electron chi connectivity index (χ1n) is 9.41. The van der Waals surface area contributed by atoms with E-state index < -0.39 is 0 Å². The van der Waals surface area contributed by atoms with E-state index in [2.05, 4.69) is 20.8 Å². The Hall–Kier alpha value is -1.06.